The lowest BCUT2D eigenvalue weighted by Gasteiger charge is -2.01. The SMILES string of the molecule is NC(=Nc1ccc(I)cc1Cl)C1CC1. The van der Waals surface area contributed by atoms with Gasteiger partial charge in [-0.2, -0.15) is 0 Å². The zero-order valence-electron chi connectivity index (χ0n) is 7.50. The third kappa shape index (κ3) is 2.39. The van der Waals surface area contributed by atoms with E-state index < -0.39 is 0 Å². The van der Waals surface area contributed by atoms with E-state index in [0.29, 0.717) is 16.8 Å². The van der Waals surface area contributed by atoms with E-state index in [1.165, 1.54) is 0 Å². The first-order chi connectivity index (χ1) is 6.66. The molecule has 1 fully saturated rings. The summed E-state index contributed by atoms with van der Waals surface area (Å²) in [7, 11) is 0. The van der Waals surface area contributed by atoms with Gasteiger partial charge in [0.1, 0.15) is 5.84 Å². The van der Waals surface area contributed by atoms with Gasteiger partial charge in [0.05, 0.1) is 10.7 Å². The maximum Gasteiger partial charge on any atom is 0.103 e. The highest BCUT2D eigenvalue weighted by molar-refractivity contribution is 14.1. The van der Waals surface area contributed by atoms with Gasteiger partial charge in [-0.15, -0.1) is 0 Å². The summed E-state index contributed by atoms with van der Waals surface area (Å²) in [5.41, 5.74) is 6.58. The molecule has 2 N–H and O–H groups in total. The molecule has 1 saturated carbocycles. The van der Waals surface area contributed by atoms with Gasteiger partial charge < -0.3 is 5.73 Å². The van der Waals surface area contributed by atoms with Crippen molar-refractivity contribution >= 4 is 45.7 Å². The molecule has 0 amide bonds. The molecule has 0 radical (unpaired) electrons. The molecule has 0 bridgehead atoms. The van der Waals surface area contributed by atoms with Gasteiger partial charge in [-0.1, -0.05) is 11.6 Å². The van der Waals surface area contributed by atoms with Gasteiger partial charge in [0.15, 0.2) is 0 Å². The second-order valence-corrected chi connectivity index (χ2v) is 5.06. The summed E-state index contributed by atoms with van der Waals surface area (Å²) in [5.74, 6) is 1.21. The van der Waals surface area contributed by atoms with Gasteiger partial charge in [0.25, 0.3) is 0 Å². The summed E-state index contributed by atoms with van der Waals surface area (Å²) in [6.45, 7) is 0. The Kier molecular flexibility index (Phi) is 2.97. The van der Waals surface area contributed by atoms with Crippen molar-refractivity contribution in [3.8, 4) is 0 Å². The van der Waals surface area contributed by atoms with Crippen LogP contribution < -0.4 is 5.73 Å². The molecule has 0 atom stereocenters. The Morgan fingerprint density at radius 2 is 2.21 bits per heavy atom. The molecule has 1 aliphatic rings. The van der Waals surface area contributed by atoms with Crippen molar-refractivity contribution in [3.05, 3.63) is 26.8 Å². The number of halogens is 2. The van der Waals surface area contributed by atoms with E-state index in [0.717, 1.165) is 22.1 Å². The molecule has 1 aromatic rings. The molecular weight excluding hydrogens is 310 g/mol. The Labute approximate surface area is 102 Å². The Morgan fingerprint density at radius 1 is 1.50 bits per heavy atom. The fraction of sp³-hybridized carbons (Fsp3) is 0.300. The number of nitrogens with two attached hydrogens (primary N) is 1. The van der Waals surface area contributed by atoms with Crippen molar-refractivity contribution in [2.24, 2.45) is 16.6 Å². The summed E-state index contributed by atoms with van der Waals surface area (Å²) in [6, 6.07) is 5.77. The van der Waals surface area contributed by atoms with E-state index >= 15 is 0 Å². The highest BCUT2D eigenvalue weighted by Gasteiger charge is 2.25. The van der Waals surface area contributed by atoms with E-state index in [4.69, 9.17) is 17.3 Å². The molecule has 4 heteroatoms. The molecule has 14 heavy (non-hydrogen) atoms. The first-order valence-corrected chi connectivity index (χ1v) is 5.91. The minimum atomic E-state index is 0.491. The van der Waals surface area contributed by atoms with E-state index in [9.17, 15) is 0 Å². The number of amidine groups is 1. The van der Waals surface area contributed by atoms with Crippen molar-refractivity contribution < 1.29 is 0 Å². The van der Waals surface area contributed by atoms with Crippen LogP contribution in [0.15, 0.2) is 23.2 Å². The molecule has 2 rings (SSSR count). The van der Waals surface area contributed by atoms with Crippen LogP contribution in [0.2, 0.25) is 5.02 Å². The predicted molar refractivity (Wildman–Crippen MR) is 68.2 cm³/mol. The second-order valence-electron chi connectivity index (χ2n) is 3.41. The number of rotatable bonds is 2. The van der Waals surface area contributed by atoms with Crippen molar-refractivity contribution in [3.63, 3.8) is 0 Å². The second kappa shape index (κ2) is 4.06. The van der Waals surface area contributed by atoms with Gasteiger partial charge in [0, 0.05) is 9.49 Å². The van der Waals surface area contributed by atoms with Crippen molar-refractivity contribution in [1.29, 1.82) is 0 Å². The zero-order valence-corrected chi connectivity index (χ0v) is 10.4. The molecular formula is C10H10ClIN2. The lowest BCUT2D eigenvalue weighted by molar-refractivity contribution is 1.15. The average molecular weight is 321 g/mol. The van der Waals surface area contributed by atoms with Crippen molar-refractivity contribution in [2.75, 3.05) is 0 Å². The van der Waals surface area contributed by atoms with E-state index in [-0.39, 0.29) is 0 Å². The molecule has 0 aromatic heterocycles. The topological polar surface area (TPSA) is 38.4 Å². The average Bonchev–Trinajstić information content (AvgIpc) is 2.92. The van der Waals surface area contributed by atoms with Gasteiger partial charge in [-0.3, -0.25) is 0 Å². The Morgan fingerprint density at radius 3 is 2.79 bits per heavy atom. The molecule has 0 unspecified atom stereocenters. The molecule has 1 aromatic carbocycles. The van der Waals surface area contributed by atoms with Crippen LogP contribution in [0.25, 0.3) is 0 Å². The fourth-order valence-corrected chi connectivity index (χ4v) is 2.08. The van der Waals surface area contributed by atoms with Crippen molar-refractivity contribution in [1.82, 2.24) is 0 Å². The molecule has 74 valence electrons. The first kappa shape index (κ1) is 10.2. The Balaban J connectivity index is 2.27. The highest BCUT2D eigenvalue weighted by atomic mass is 127. The standard InChI is InChI=1S/C10H10ClIN2/c11-8-5-7(12)3-4-9(8)14-10(13)6-1-2-6/h3-6H,1-2H2,(H2,13,14). The van der Waals surface area contributed by atoms with Crippen molar-refractivity contribution in [2.45, 2.75) is 12.8 Å². The molecule has 0 spiro atoms. The summed E-state index contributed by atoms with van der Waals surface area (Å²) >= 11 is 8.25. The van der Waals surface area contributed by atoms with Crippen LogP contribution in [0.4, 0.5) is 5.69 Å². The summed E-state index contributed by atoms with van der Waals surface area (Å²) in [6.07, 6.45) is 2.33. The molecule has 0 heterocycles. The smallest absolute Gasteiger partial charge is 0.103 e. The van der Waals surface area contributed by atoms with Gasteiger partial charge in [-0.25, -0.2) is 4.99 Å². The molecule has 0 saturated heterocycles. The minimum absolute atomic E-state index is 0.491. The monoisotopic (exact) mass is 320 g/mol. The van der Waals surface area contributed by atoms with Crippen LogP contribution in [0, 0.1) is 9.49 Å². The normalized spacial score (nSPS) is 17.1. The predicted octanol–water partition coefficient (Wildman–Crippen LogP) is 3.34. The fourth-order valence-electron chi connectivity index (χ4n) is 1.18. The zero-order chi connectivity index (χ0) is 10.1. The first-order valence-electron chi connectivity index (χ1n) is 4.46. The Bertz CT molecular complexity index is 386. The van der Waals surface area contributed by atoms with Crippen LogP contribution in [0.5, 0.6) is 0 Å². The van der Waals surface area contributed by atoms with Gasteiger partial charge >= 0.3 is 0 Å². The van der Waals surface area contributed by atoms with Gasteiger partial charge in [-0.05, 0) is 53.6 Å². The Hall–Kier alpha value is -0.290. The van der Waals surface area contributed by atoms with Crippen LogP contribution in [-0.2, 0) is 0 Å². The number of benzene rings is 1. The maximum atomic E-state index is 6.03. The van der Waals surface area contributed by atoms with Crippen LogP contribution in [-0.4, -0.2) is 5.84 Å². The molecule has 2 nitrogen and oxygen atoms in total. The van der Waals surface area contributed by atoms with Crippen LogP contribution >= 0.6 is 34.2 Å². The molecule has 0 aliphatic heterocycles. The van der Waals surface area contributed by atoms with Gasteiger partial charge in [0.2, 0.25) is 0 Å². The number of aliphatic imine (C=N–C) groups is 1. The van der Waals surface area contributed by atoms with Crippen LogP contribution in [0.3, 0.4) is 0 Å². The van der Waals surface area contributed by atoms with E-state index in [1.54, 1.807) is 0 Å². The quantitative estimate of drug-likeness (QED) is 0.506. The highest BCUT2D eigenvalue weighted by Crippen LogP contribution is 2.32. The summed E-state index contributed by atoms with van der Waals surface area (Å²) in [5, 5.41) is 0.667. The van der Waals surface area contributed by atoms with Crippen LogP contribution in [0.1, 0.15) is 12.8 Å². The molecule has 1 aliphatic carbocycles. The lowest BCUT2D eigenvalue weighted by atomic mass is 10.3. The number of nitrogens with zero attached hydrogens (tertiary/aromatic N) is 1. The number of hydrogen-bond acceptors (Lipinski definition) is 1. The van der Waals surface area contributed by atoms with E-state index in [2.05, 4.69) is 27.6 Å². The lowest BCUT2D eigenvalue weighted by Crippen LogP contribution is -2.13. The summed E-state index contributed by atoms with van der Waals surface area (Å²) in [4.78, 5) is 4.32. The largest absolute Gasteiger partial charge is 0.387 e. The number of hydrogen-bond donors (Lipinski definition) is 1. The minimum Gasteiger partial charge on any atom is -0.387 e. The summed E-state index contributed by atoms with van der Waals surface area (Å²) < 4.78 is 1.11. The maximum absolute atomic E-state index is 6.03. The third-order valence-electron chi connectivity index (χ3n) is 2.15. The third-order valence-corrected chi connectivity index (χ3v) is 3.13. The van der Waals surface area contributed by atoms with E-state index in [1.807, 2.05) is 18.2 Å².